The summed E-state index contributed by atoms with van der Waals surface area (Å²) in [6.45, 7) is 6.90. The number of anilines is 1. The number of carboxylic acid groups (broad SMARTS) is 1. The molecule has 20 heavy (non-hydrogen) atoms. The third-order valence-electron chi connectivity index (χ3n) is 3.66. The van der Waals surface area contributed by atoms with Gasteiger partial charge in [0.25, 0.3) is 0 Å². The number of nitrogens with two attached hydrogens (primary N) is 1. The summed E-state index contributed by atoms with van der Waals surface area (Å²) < 4.78 is 0. The number of aromatic hydroxyl groups is 1. The summed E-state index contributed by atoms with van der Waals surface area (Å²) >= 11 is 0. The van der Waals surface area contributed by atoms with Crippen LogP contribution in [0.25, 0.3) is 0 Å². The topological polar surface area (TPSA) is 113 Å². The van der Waals surface area contributed by atoms with Gasteiger partial charge in [0.05, 0.1) is 5.41 Å². The molecule has 0 aliphatic carbocycles. The predicted molar refractivity (Wildman–Crippen MR) is 75.7 cm³/mol. The Morgan fingerprint density at radius 1 is 1.20 bits per heavy atom. The van der Waals surface area contributed by atoms with Gasteiger partial charge in [-0.15, -0.1) is 0 Å². The van der Waals surface area contributed by atoms with Crippen LogP contribution in [-0.2, 0) is 4.79 Å². The van der Waals surface area contributed by atoms with Crippen LogP contribution in [0.1, 0.15) is 38.1 Å². The zero-order valence-electron chi connectivity index (χ0n) is 12.0. The lowest BCUT2D eigenvalue weighted by molar-refractivity contribution is -0.126. The predicted octanol–water partition coefficient (Wildman–Crippen LogP) is 1.79. The maximum absolute atomic E-state index is 12.2. The van der Waals surface area contributed by atoms with Crippen molar-refractivity contribution >= 4 is 17.6 Å². The van der Waals surface area contributed by atoms with Crippen LogP contribution in [0.2, 0.25) is 0 Å². The van der Waals surface area contributed by atoms with Crippen molar-refractivity contribution in [2.24, 2.45) is 11.1 Å². The number of carboxylic acids is 1. The molecule has 0 bridgehead atoms. The molecule has 1 aromatic carbocycles. The van der Waals surface area contributed by atoms with E-state index in [4.69, 9.17) is 10.8 Å². The van der Waals surface area contributed by atoms with Crippen molar-refractivity contribution in [1.29, 1.82) is 0 Å². The van der Waals surface area contributed by atoms with Gasteiger partial charge in [0.15, 0.2) is 0 Å². The number of benzene rings is 1. The monoisotopic (exact) mass is 280 g/mol. The summed E-state index contributed by atoms with van der Waals surface area (Å²) in [6.07, 6.45) is 0. The highest BCUT2D eigenvalue weighted by Crippen LogP contribution is 2.30. The SMILES string of the molecule is CC(C)(N)C(C)(C)C(=O)Nc1ccc(O)c(C(=O)O)c1. The summed E-state index contributed by atoms with van der Waals surface area (Å²) in [4.78, 5) is 23.2. The number of rotatable bonds is 4. The second kappa shape index (κ2) is 5.13. The van der Waals surface area contributed by atoms with Gasteiger partial charge in [0, 0.05) is 11.2 Å². The van der Waals surface area contributed by atoms with Crippen molar-refractivity contribution in [3.05, 3.63) is 23.8 Å². The van der Waals surface area contributed by atoms with Gasteiger partial charge in [-0.25, -0.2) is 4.79 Å². The fraction of sp³-hybridized carbons (Fsp3) is 0.429. The number of amides is 1. The highest BCUT2D eigenvalue weighted by molar-refractivity contribution is 5.98. The van der Waals surface area contributed by atoms with Gasteiger partial charge in [-0.1, -0.05) is 0 Å². The van der Waals surface area contributed by atoms with Crippen LogP contribution in [0, 0.1) is 5.41 Å². The fourth-order valence-electron chi connectivity index (χ4n) is 1.37. The van der Waals surface area contributed by atoms with E-state index in [1.165, 1.54) is 18.2 Å². The van der Waals surface area contributed by atoms with E-state index in [1.807, 2.05) is 0 Å². The van der Waals surface area contributed by atoms with Crippen molar-refractivity contribution in [3.8, 4) is 5.75 Å². The van der Waals surface area contributed by atoms with Crippen molar-refractivity contribution in [3.63, 3.8) is 0 Å². The van der Waals surface area contributed by atoms with E-state index in [1.54, 1.807) is 27.7 Å². The summed E-state index contributed by atoms with van der Waals surface area (Å²) in [5, 5.41) is 21.0. The van der Waals surface area contributed by atoms with E-state index in [0.29, 0.717) is 5.69 Å². The van der Waals surface area contributed by atoms with E-state index >= 15 is 0 Å². The van der Waals surface area contributed by atoms with Crippen LogP contribution in [0.15, 0.2) is 18.2 Å². The average Bonchev–Trinajstić information content (AvgIpc) is 2.29. The average molecular weight is 280 g/mol. The zero-order chi connectivity index (χ0) is 15.7. The molecule has 1 amide bonds. The van der Waals surface area contributed by atoms with Crippen LogP contribution in [0.5, 0.6) is 5.75 Å². The van der Waals surface area contributed by atoms with Crippen LogP contribution >= 0.6 is 0 Å². The third kappa shape index (κ3) is 3.08. The number of phenols is 1. The molecule has 0 spiro atoms. The zero-order valence-corrected chi connectivity index (χ0v) is 12.0. The van der Waals surface area contributed by atoms with Gasteiger partial charge < -0.3 is 21.3 Å². The van der Waals surface area contributed by atoms with Gasteiger partial charge in [0.2, 0.25) is 5.91 Å². The molecule has 0 aliphatic rings. The van der Waals surface area contributed by atoms with Crippen molar-refractivity contribution in [2.45, 2.75) is 33.2 Å². The summed E-state index contributed by atoms with van der Waals surface area (Å²) in [7, 11) is 0. The number of aromatic carboxylic acids is 1. The molecule has 110 valence electrons. The minimum absolute atomic E-state index is 0.271. The number of carbonyl (C=O) groups excluding carboxylic acids is 1. The molecular formula is C14H20N2O4. The molecule has 6 nitrogen and oxygen atoms in total. The highest BCUT2D eigenvalue weighted by atomic mass is 16.4. The third-order valence-corrected chi connectivity index (χ3v) is 3.66. The molecule has 0 fully saturated rings. The smallest absolute Gasteiger partial charge is 0.339 e. The summed E-state index contributed by atoms with van der Waals surface area (Å²) in [6, 6.07) is 3.86. The maximum atomic E-state index is 12.2. The van der Waals surface area contributed by atoms with Crippen molar-refractivity contribution < 1.29 is 19.8 Å². The van der Waals surface area contributed by atoms with Gasteiger partial charge >= 0.3 is 5.97 Å². The second-order valence-electron chi connectivity index (χ2n) is 5.84. The van der Waals surface area contributed by atoms with Crippen molar-refractivity contribution in [1.82, 2.24) is 0 Å². The molecule has 0 saturated carbocycles. The first-order chi connectivity index (χ1) is 8.96. The molecule has 0 saturated heterocycles. The van der Waals surface area contributed by atoms with Gasteiger partial charge in [-0.2, -0.15) is 0 Å². The lowest BCUT2D eigenvalue weighted by Gasteiger charge is -2.36. The molecule has 1 rings (SSSR count). The van der Waals surface area contributed by atoms with Gasteiger partial charge in [0.1, 0.15) is 11.3 Å². The number of nitrogens with one attached hydrogen (secondary N) is 1. The molecule has 0 aliphatic heterocycles. The van der Waals surface area contributed by atoms with Crippen LogP contribution in [0.4, 0.5) is 5.69 Å². The van der Waals surface area contributed by atoms with E-state index in [2.05, 4.69) is 5.32 Å². The van der Waals surface area contributed by atoms with Gasteiger partial charge in [-0.05, 0) is 45.9 Å². The fourth-order valence-corrected chi connectivity index (χ4v) is 1.37. The Balaban J connectivity index is 3.03. The molecule has 0 atom stereocenters. The van der Waals surface area contributed by atoms with E-state index in [0.717, 1.165) is 0 Å². The number of hydrogen-bond donors (Lipinski definition) is 4. The lowest BCUT2D eigenvalue weighted by Crippen LogP contribution is -2.53. The summed E-state index contributed by atoms with van der Waals surface area (Å²) in [5.41, 5.74) is 4.40. The molecule has 0 aromatic heterocycles. The Kier molecular flexibility index (Phi) is 4.10. The second-order valence-corrected chi connectivity index (χ2v) is 5.84. The van der Waals surface area contributed by atoms with Gasteiger partial charge in [-0.3, -0.25) is 4.79 Å². The Morgan fingerprint density at radius 2 is 1.75 bits per heavy atom. The summed E-state index contributed by atoms with van der Waals surface area (Å²) in [5.74, 6) is -1.95. The van der Waals surface area contributed by atoms with Crippen LogP contribution in [0.3, 0.4) is 0 Å². The molecule has 6 heteroatoms. The highest BCUT2D eigenvalue weighted by Gasteiger charge is 2.40. The molecular weight excluding hydrogens is 260 g/mol. The Hall–Kier alpha value is -2.08. The largest absolute Gasteiger partial charge is 0.507 e. The number of hydrogen-bond acceptors (Lipinski definition) is 4. The molecule has 0 unspecified atom stereocenters. The first-order valence-electron chi connectivity index (χ1n) is 6.13. The quantitative estimate of drug-likeness (QED) is 0.628. The normalized spacial score (nSPS) is 12.1. The molecule has 5 N–H and O–H groups in total. The van der Waals surface area contributed by atoms with Crippen molar-refractivity contribution in [2.75, 3.05) is 5.32 Å². The lowest BCUT2D eigenvalue weighted by atomic mass is 9.74. The van der Waals surface area contributed by atoms with E-state index in [-0.39, 0.29) is 17.2 Å². The minimum atomic E-state index is -1.27. The van der Waals surface area contributed by atoms with E-state index < -0.39 is 16.9 Å². The first kappa shape index (κ1) is 16.0. The molecule has 1 aromatic rings. The molecule has 0 radical (unpaired) electrons. The number of carbonyl (C=O) groups is 2. The van der Waals surface area contributed by atoms with Crippen LogP contribution in [-0.4, -0.2) is 27.6 Å². The maximum Gasteiger partial charge on any atom is 0.339 e. The molecule has 0 heterocycles. The van der Waals surface area contributed by atoms with E-state index in [9.17, 15) is 14.7 Å². The first-order valence-corrected chi connectivity index (χ1v) is 6.13. The van der Waals surface area contributed by atoms with Crippen LogP contribution < -0.4 is 11.1 Å². The Bertz CT molecular complexity index is 545. The Morgan fingerprint density at radius 3 is 2.20 bits per heavy atom. The Labute approximate surface area is 117 Å². The minimum Gasteiger partial charge on any atom is -0.507 e. The standard InChI is InChI=1S/C14H20N2O4/c1-13(2,14(3,4)15)12(20)16-8-5-6-10(17)9(7-8)11(18)19/h5-7,17H,15H2,1-4H3,(H,16,20)(H,18,19).